The first-order valence-corrected chi connectivity index (χ1v) is 4.11. The lowest BCUT2D eigenvalue weighted by Gasteiger charge is -2.05. The fourth-order valence-electron chi connectivity index (χ4n) is 1.13. The van der Waals surface area contributed by atoms with Crippen molar-refractivity contribution >= 4 is 12.4 Å². The quantitative estimate of drug-likeness (QED) is 0.812. The van der Waals surface area contributed by atoms with Crippen molar-refractivity contribution < 1.29 is 4.74 Å². The molecule has 0 radical (unpaired) electrons. The van der Waals surface area contributed by atoms with Gasteiger partial charge in [-0.25, -0.2) is 0 Å². The van der Waals surface area contributed by atoms with Crippen molar-refractivity contribution in [3.05, 3.63) is 29.8 Å². The van der Waals surface area contributed by atoms with Gasteiger partial charge in [0, 0.05) is 6.04 Å². The third-order valence-corrected chi connectivity index (χ3v) is 1.72. The summed E-state index contributed by atoms with van der Waals surface area (Å²) in [7, 11) is 1.67. The Balaban J connectivity index is 0.00000144. The van der Waals surface area contributed by atoms with Crippen molar-refractivity contribution in [3.63, 3.8) is 0 Å². The number of methoxy groups -OCH3 is 1. The van der Waals surface area contributed by atoms with Gasteiger partial charge in [-0.05, 0) is 31.0 Å². The number of ether oxygens (including phenoxy) is 1. The van der Waals surface area contributed by atoms with E-state index in [9.17, 15) is 0 Å². The van der Waals surface area contributed by atoms with Crippen LogP contribution in [0.2, 0.25) is 0 Å². The molecule has 0 aromatic heterocycles. The van der Waals surface area contributed by atoms with Gasteiger partial charge < -0.3 is 10.5 Å². The van der Waals surface area contributed by atoms with Gasteiger partial charge in [0.2, 0.25) is 0 Å². The van der Waals surface area contributed by atoms with E-state index in [1.165, 1.54) is 5.56 Å². The Labute approximate surface area is 85.5 Å². The third kappa shape index (κ3) is 4.15. The molecule has 1 aromatic carbocycles. The van der Waals surface area contributed by atoms with E-state index in [0.29, 0.717) is 0 Å². The van der Waals surface area contributed by atoms with E-state index in [0.717, 1.165) is 12.2 Å². The molecule has 74 valence electrons. The standard InChI is InChI=1S/C10H15NO.ClH/c1-8(11)7-9-3-5-10(12-2)6-4-9;/h3-6,8H,7,11H2,1-2H3;1H. The summed E-state index contributed by atoms with van der Waals surface area (Å²) in [5, 5.41) is 0. The van der Waals surface area contributed by atoms with Gasteiger partial charge in [-0.15, -0.1) is 12.4 Å². The highest BCUT2D eigenvalue weighted by Crippen LogP contribution is 2.11. The Morgan fingerprint density at radius 1 is 1.31 bits per heavy atom. The largest absolute Gasteiger partial charge is 0.497 e. The Morgan fingerprint density at radius 2 is 1.85 bits per heavy atom. The molecule has 0 heterocycles. The fourth-order valence-corrected chi connectivity index (χ4v) is 1.13. The molecule has 0 saturated carbocycles. The number of nitrogens with two attached hydrogens (primary N) is 1. The van der Waals surface area contributed by atoms with Crippen LogP contribution in [0.15, 0.2) is 24.3 Å². The van der Waals surface area contributed by atoms with E-state index in [1.54, 1.807) is 7.11 Å². The molecule has 1 rings (SSSR count). The maximum absolute atomic E-state index is 5.66. The molecule has 0 fully saturated rings. The summed E-state index contributed by atoms with van der Waals surface area (Å²) in [4.78, 5) is 0. The zero-order valence-corrected chi connectivity index (χ0v) is 8.80. The van der Waals surface area contributed by atoms with Crippen molar-refractivity contribution in [3.8, 4) is 5.75 Å². The van der Waals surface area contributed by atoms with Gasteiger partial charge in [-0.2, -0.15) is 0 Å². The summed E-state index contributed by atoms with van der Waals surface area (Å²) in [6, 6.07) is 8.22. The van der Waals surface area contributed by atoms with Crippen molar-refractivity contribution in [1.29, 1.82) is 0 Å². The van der Waals surface area contributed by atoms with Crippen LogP contribution in [0, 0.1) is 0 Å². The summed E-state index contributed by atoms with van der Waals surface area (Å²) < 4.78 is 5.04. The molecule has 0 aliphatic carbocycles. The second-order valence-corrected chi connectivity index (χ2v) is 3.03. The molecule has 2 N–H and O–H groups in total. The van der Waals surface area contributed by atoms with Crippen molar-refractivity contribution in [2.24, 2.45) is 5.73 Å². The highest BCUT2D eigenvalue weighted by Gasteiger charge is 1.97. The van der Waals surface area contributed by atoms with Crippen LogP contribution in [0.25, 0.3) is 0 Å². The van der Waals surface area contributed by atoms with Gasteiger partial charge in [-0.1, -0.05) is 12.1 Å². The van der Waals surface area contributed by atoms with Crippen LogP contribution in [0.3, 0.4) is 0 Å². The topological polar surface area (TPSA) is 35.2 Å². The van der Waals surface area contributed by atoms with Gasteiger partial charge in [0.25, 0.3) is 0 Å². The lowest BCUT2D eigenvalue weighted by Crippen LogP contribution is -2.17. The van der Waals surface area contributed by atoms with Gasteiger partial charge >= 0.3 is 0 Å². The summed E-state index contributed by atoms with van der Waals surface area (Å²) in [5.74, 6) is 0.892. The molecule has 0 aliphatic heterocycles. The van der Waals surface area contributed by atoms with Crippen LogP contribution in [-0.4, -0.2) is 13.2 Å². The highest BCUT2D eigenvalue weighted by molar-refractivity contribution is 5.85. The lowest BCUT2D eigenvalue weighted by atomic mass is 10.1. The van der Waals surface area contributed by atoms with E-state index in [4.69, 9.17) is 10.5 Å². The van der Waals surface area contributed by atoms with Crippen LogP contribution in [0.1, 0.15) is 12.5 Å². The molecule has 1 atom stereocenters. The molecule has 13 heavy (non-hydrogen) atoms. The molecule has 0 aliphatic rings. The molecule has 1 unspecified atom stereocenters. The molecule has 0 spiro atoms. The minimum absolute atomic E-state index is 0. The molecule has 1 aromatic rings. The summed E-state index contributed by atoms with van der Waals surface area (Å²) in [5.41, 5.74) is 6.92. The summed E-state index contributed by atoms with van der Waals surface area (Å²) in [6.07, 6.45) is 0.921. The van der Waals surface area contributed by atoms with Crippen LogP contribution in [0.5, 0.6) is 5.75 Å². The van der Waals surface area contributed by atoms with Crippen molar-refractivity contribution in [2.45, 2.75) is 19.4 Å². The van der Waals surface area contributed by atoms with Crippen LogP contribution in [0.4, 0.5) is 0 Å². The number of halogens is 1. The maximum atomic E-state index is 5.66. The lowest BCUT2D eigenvalue weighted by molar-refractivity contribution is 0.414. The molecular formula is C10H16ClNO. The summed E-state index contributed by atoms with van der Waals surface area (Å²) >= 11 is 0. The molecule has 0 amide bonds. The van der Waals surface area contributed by atoms with E-state index in [2.05, 4.69) is 0 Å². The fraction of sp³-hybridized carbons (Fsp3) is 0.400. The van der Waals surface area contributed by atoms with Gasteiger partial charge in [0.15, 0.2) is 0 Å². The predicted octanol–water partition coefficient (Wildman–Crippen LogP) is 2.01. The van der Waals surface area contributed by atoms with E-state index in [1.807, 2.05) is 31.2 Å². The van der Waals surface area contributed by atoms with E-state index in [-0.39, 0.29) is 18.4 Å². The molecule has 0 saturated heterocycles. The smallest absolute Gasteiger partial charge is 0.118 e. The predicted molar refractivity (Wildman–Crippen MR) is 57.6 cm³/mol. The van der Waals surface area contributed by atoms with Crippen molar-refractivity contribution in [1.82, 2.24) is 0 Å². The van der Waals surface area contributed by atoms with Gasteiger partial charge in [0.05, 0.1) is 7.11 Å². The van der Waals surface area contributed by atoms with E-state index < -0.39 is 0 Å². The number of hydrogen-bond donors (Lipinski definition) is 1. The number of rotatable bonds is 3. The van der Waals surface area contributed by atoms with Crippen LogP contribution in [-0.2, 0) is 6.42 Å². The molecule has 3 heteroatoms. The zero-order chi connectivity index (χ0) is 8.97. The molecule has 0 bridgehead atoms. The average molecular weight is 202 g/mol. The van der Waals surface area contributed by atoms with Crippen LogP contribution >= 0.6 is 12.4 Å². The van der Waals surface area contributed by atoms with E-state index >= 15 is 0 Å². The number of hydrogen-bond acceptors (Lipinski definition) is 2. The maximum Gasteiger partial charge on any atom is 0.118 e. The van der Waals surface area contributed by atoms with Crippen LogP contribution < -0.4 is 10.5 Å². The molecular weight excluding hydrogens is 186 g/mol. The minimum atomic E-state index is 0. The van der Waals surface area contributed by atoms with Gasteiger partial charge in [-0.3, -0.25) is 0 Å². The van der Waals surface area contributed by atoms with Gasteiger partial charge in [0.1, 0.15) is 5.75 Å². The minimum Gasteiger partial charge on any atom is -0.497 e. The second kappa shape index (κ2) is 5.84. The first kappa shape index (κ1) is 12.3. The zero-order valence-electron chi connectivity index (χ0n) is 7.99. The Kier molecular flexibility index (Phi) is 5.51. The average Bonchev–Trinajstić information content (AvgIpc) is 2.05. The monoisotopic (exact) mass is 201 g/mol. The first-order valence-electron chi connectivity index (χ1n) is 4.11. The summed E-state index contributed by atoms with van der Waals surface area (Å²) in [6.45, 7) is 2.00. The Hall–Kier alpha value is -0.730. The Bertz CT molecular complexity index is 233. The van der Waals surface area contributed by atoms with Crippen molar-refractivity contribution in [2.75, 3.05) is 7.11 Å². The highest BCUT2D eigenvalue weighted by atomic mass is 35.5. The number of benzene rings is 1. The normalized spacial score (nSPS) is 11.6. The SMILES string of the molecule is COc1ccc(CC(C)N)cc1.Cl. The molecule has 2 nitrogen and oxygen atoms in total. The second-order valence-electron chi connectivity index (χ2n) is 3.03. The third-order valence-electron chi connectivity index (χ3n) is 1.72. The first-order chi connectivity index (χ1) is 5.72. The Morgan fingerprint density at radius 3 is 2.23 bits per heavy atom.